The molecule has 0 aliphatic rings. The summed E-state index contributed by atoms with van der Waals surface area (Å²) in [6.45, 7) is 5.78. The number of nitrogens with zero attached hydrogens (tertiary/aromatic N) is 3. The smallest absolute Gasteiger partial charge is 0.406 e. The van der Waals surface area contributed by atoms with E-state index < -0.39 is 6.36 Å². The number of fused-ring (bicyclic) bond motifs is 1. The molecule has 148 valence electrons. The fraction of sp³-hybridized carbons (Fsp3) is 0.316. The lowest BCUT2D eigenvalue weighted by Gasteiger charge is -2.17. The number of ether oxygens (including phenoxy) is 1. The lowest BCUT2D eigenvalue weighted by atomic mass is 9.92. The third-order valence-corrected chi connectivity index (χ3v) is 3.69. The van der Waals surface area contributed by atoms with Crippen molar-refractivity contribution in [3.63, 3.8) is 0 Å². The molecule has 3 aromatic rings. The van der Waals surface area contributed by atoms with Crippen molar-refractivity contribution >= 4 is 17.5 Å². The van der Waals surface area contributed by atoms with Gasteiger partial charge in [-0.1, -0.05) is 32.9 Å². The van der Waals surface area contributed by atoms with E-state index in [1.807, 2.05) is 20.8 Å². The van der Waals surface area contributed by atoms with E-state index in [0.717, 1.165) is 0 Å². The van der Waals surface area contributed by atoms with Gasteiger partial charge in [-0.05, 0) is 23.6 Å². The van der Waals surface area contributed by atoms with Crippen LogP contribution in [-0.2, 0) is 4.79 Å². The Hall–Kier alpha value is -3.10. The zero-order valence-electron chi connectivity index (χ0n) is 15.5. The highest BCUT2D eigenvalue weighted by Crippen LogP contribution is 2.33. The van der Waals surface area contributed by atoms with Gasteiger partial charge in [-0.2, -0.15) is 4.98 Å². The Kier molecular flexibility index (Phi) is 5.01. The average Bonchev–Trinajstić information content (AvgIpc) is 2.89. The molecule has 6 nitrogen and oxygen atoms in total. The van der Waals surface area contributed by atoms with Crippen molar-refractivity contribution in [3.05, 3.63) is 42.7 Å². The van der Waals surface area contributed by atoms with Crippen LogP contribution in [0.3, 0.4) is 0 Å². The van der Waals surface area contributed by atoms with Crippen molar-refractivity contribution < 1.29 is 22.7 Å². The van der Waals surface area contributed by atoms with Gasteiger partial charge >= 0.3 is 6.36 Å². The van der Waals surface area contributed by atoms with Crippen molar-refractivity contribution in [3.8, 4) is 17.0 Å². The maximum Gasteiger partial charge on any atom is 0.573 e. The summed E-state index contributed by atoms with van der Waals surface area (Å²) in [6, 6.07) is 7.15. The summed E-state index contributed by atoms with van der Waals surface area (Å²) in [5.41, 5.74) is 0.577. The summed E-state index contributed by atoms with van der Waals surface area (Å²) in [5, 5.41) is 2.75. The second-order valence-corrected chi connectivity index (χ2v) is 7.46. The number of benzene rings is 1. The Balaban J connectivity index is 2.05. The summed E-state index contributed by atoms with van der Waals surface area (Å²) < 4.78 is 43.3. The highest BCUT2D eigenvalue weighted by Gasteiger charge is 2.31. The number of halogens is 3. The molecule has 9 heteroatoms. The minimum absolute atomic E-state index is 0.220. The number of anilines is 1. The zero-order valence-corrected chi connectivity index (χ0v) is 15.5. The maximum absolute atomic E-state index is 12.6. The summed E-state index contributed by atoms with van der Waals surface area (Å²) in [7, 11) is 0. The highest BCUT2D eigenvalue weighted by molar-refractivity contribution is 5.94. The second kappa shape index (κ2) is 7.14. The molecular formula is C19H19F3N4O2. The van der Waals surface area contributed by atoms with Gasteiger partial charge < -0.3 is 10.1 Å². The van der Waals surface area contributed by atoms with Crippen LogP contribution in [0.25, 0.3) is 17.0 Å². The van der Waals surface area contributed by atoms with Crippen LogP contribution in [0.15, 0.2) is 42.7 Å². The topological polar surface area (TPSA) is 68.5 Å². The van der Waals surface area contributed by atoms with E-state index >= 15 is 0 Å². The number of nitrogens with one attached hydrogen (secondary N) is 1. The number of carbonyl (C=O) groups excluding carboxylic acids is 1. The normalized spacial score (nSPS) is 12.2. The summed E-state index contributed by atoms with van der Waals surface area (Å²) in [5.74, 6) is -0.0847. The number of alkyl halides is 3. The molecule has 2 aromatic heterocycles. The highest BCUT2D eigenvalue weighted by atomic mass is 19.4. The number of carbonyl (C=O) groups is 1. The van der Waals surface area contributed by atoms with Gasteiger partial charge in [-0.15, -0.1) is 13.2 Å². The molecule has 1 N–H and O–H groups in total. The number of imidazole rings is 1. The number of rotatable bonds is 4. The molecule has 0 spiro atoms. The second-order valence-electron chi connectivity index (χ2n) is 7.46. The van der Waals surface area contributed by atoms with E-state index in [4.69, 9.17) is 0 Å². The van der Waals surface area contributed by atoms with Gasteiger partial charge in [0.2, 0.25) is 11.7 Å². The molecule has 28 heavy (non-hydrogen) atoms. The Morgan fingerprint density at radius 1 is 1.21 bits per heavy atom. The van der Waals surface area contributed by atoms with Crippen molar-refractivity contribution in [1.29, 1.82) is 0 Å². The summed E-state index contributed by atoms with van der Waals surface area (Å²) >= 11 is 0. The van der Waals surface area contributed by atoms with Crippen molar-refractivity contribution in [1.82, 2.24) is 14.4 Å². The quantitative estimate of drug-likeness (QED) is 0.701. The first-order valence-electron chi connectivity index (χ1n) is 8.51. The summed E-state index contributed by atoms with van der Waals surface area (Å²) in [4.78, 5) is 20.8. The average molecular weight is 392 g/mol. The van der Waals surface area contributed by atoms with E-state index in [0.29, 0.717) is 17.0 Å². The number of hydrogen-bond acceptors (Lipinski definition) is 4. The maximum atomic E-state index is 12.6. The molecule has 1 amide bonds. The van der Waals surface area contributed by atoms with Gasteiger partial charge in [0.1, 0.15) is 5.75 Å². The Morgan fingerprint density at radius 2 is 1.96 bits per heavy atom. The molecule has 3 rings (SSSR count). The van der Waals surface area contributed by atoms with Crippen LogP contribution in [-0.4, -0.2) is 26.6 Å². The van der Waals surface area contributed by atoms with Gasteiger partial charge in [0.25, 0.3) is 0 Å². The monoisotopic (exact) mass is 392 g/mol. The molecule has 0 atom stereocenters. The molecule has 0 saturated carbocycles. The predicted molar refractivity (Wildman–Crippen MR) is 97.8 cm³/mol. The molecule has 0 radical (unpaired) electrons. The van der Waals surface area contributed by atoms with Crippen LogP contribution in [0.1, 0.15) is 27.2 Å². The Morgan fingerprint density at radius 3 is 2.64 bits per heavy atom. The van der Waals surface area contributed by atoms with Gasteiger partial charge in [0.15, 0.2) is 5.82 Å². The SMILES string of the molecule is CC(C)(C)CC(=O)Nc1nc2ncccn2c1-c1cccc(OC(F)(F)F)c1. The Bertz CT molecular complexity index is 1010. The van der Waals surface area contributed by atoms with Crippen LogP contribution in [0.4, 0.5) is 19.0 Å². The van der Waals surface area contributed by atoms with Gasteiger partial charge in [0.05, 0.1) is 5.69 Å². The summed E-state index contributed by atoms with van der Waals surface area (Å²) in [6.07, 6.45) is -1.34. The molecular weight excluding hydrogens is 373 g/mol. The van der Waals surface area contributed by atoms with Crippen molar-refractivity contribution in [2.45, 2.75) is 33.6 Å². The fourth-order valence-electron chi connectivity index (χ4n) is 2.75. The number of aromatic nitrogens is 3. The van der Waals surface area contributed by atoms with Crippen LogP contribution in [0.5, 0.6) is 5.75 Å². The molecule has 2 heterocycles. The van der Waals surface area contributed by atoms with Gasteiger partial charge in [-0.25, -0.2) is 4.98 Å². The number of amides is 1. The van der Waals surface area contributed by atoms with Crippen molar-refractivity contribution in [2.24, 2.45) is 5.41 Å². The number of hydrogen-bond donors (Lipinski definition) is 1. The molecule has 0 saturated heterocycles. The van der Waals surface area contributed by atoms with Crippen LogP contribution < -0.4 is 10.1 Å². The zero-order chi connectivity index (χ0) is 20.5. The molecule has 0 aliphatic heterocycles. The first kappa shape index (κ1) is 19.7. The Labute approximate surface area is 159 Å². The van der Waals surface area contributed by atoms with E-state index in [9.17, 15) is 18.0 Å². The molecule has 1 aromatic carbocycles. The standard InChI is InChI=1S/C19H19F3N4O2/c1-18(2,3)11-14(27)24-16-15(26-9-5-8-23-17(26)25-16)12-6-4-7-13(10-12)28-19(20,21)22/h4-10H,11H2,1-3H3,(H,24,27). The van der Waals surface area contributed by atoms with E-state index in [-0.39, 0.29) is 29.3 Å². The molecule has 0 bridgehead atoms. The van der Waals surface area contributed by atoms with E-state index in [2.05, 4.69) is 20.0 Å². The van der Waals surface area contributed by atoms with Crippen LogP contribution in [0.2, 0.25) is 0 Å². The first-order valence-corrected chi connectivity index (χ1v) is 8.51. The first-order chi connectivity index (χ1) is 13.0. The minimum atomic E-state index is -4.80. The molecule has 0 aliphatic carbocycles. The van der Waals surface area contributed by atoms with Crippen LogP contribution >= 0.6 is 0 Å². The predicted octanol–water partition coefficient (Wildman–Crippen LogP) is 4.67. The van der Waals surface area contributed by atoms with Gasteiger partial charge in [0, 0.05) is 24.4 Å². The lowest BCUT2D eigenvalue weighted by molar-refractivity contribution is -0.274. The van der Waals surface area contributed by atoms with Crippen LogP contribution in [0, 0.1) is 5.41 Å². The molecule has 0 fully saturated rings. The lowest BCUT2D eigenvalue weighted by Crippen LogP contribution is -2.20. The van der Waals surface area contributed by atoms with E-state index in [1.165, 1.54) is 24.4 Å². The fourth-order valence-corrected chi connectivity index (χ4v) is 2.75. The minimum Gasteiger partial charge on any atom is -0.406 e. The largest absolute Gasteiger partial charge is 0.573 e. The van der Waals surface area contributed by atoms with Gasteiger partial charge in [-0.3, -0.25) is 9.20 Å². The molecule has 0 unspecified atom stereocenters. The van der Waals surface area contributed by atoms with E-state index in [1.54, 1.807) is 22.7 Å². The van der Waals surface area contributed by atoms with Crippen molar-refractivity contribution in [2.75, 3.05) is 5.32 Å². The third kappa shape index (κ3) is 4.79. The third-order valence-electron chi connectivity index (χ3n) is 3.69.